The van der Waals surface area contributed by atoms with Crippen molar-refractivity contribution >= 4 is 22.8 Å². The quantitative estimate of drug-likeness (QED) is 0.759. The van der Waals surface area contributed by atoms with Crippen LogP contribution in [0.1, 0.15) is 31.7 Å². The van der Waals surface area contributed by atoms with Gasteiger partial charge < -0.3 is 4.90 Å². The largest absolute Gasteiger partial charge is 0.332 e. The van der Waals surface area contributed by atoms with Gasteiger partial charge in [-0.15, -0.1) is 11.8 Å². The van der Waals surface area contributed by atoms with Crippen LogP contribution in [0.4, 0.5) is 0 Å². The van der Waals surface area contributed by atoms with Crippen molar-refractivity contribution in [1.82, 2.24) is 19.0 Å². The third kappa shape index (κ3) is 3.53. The minimum absolute atomic E-state index is 0.249. The highest BCUT2D eigenvalue weighted by Crippen LogP contribution is 2.28. The molecule has 2 aromatic rings. The van der Waals surface area contributed by atoms with Gasteiger partial charge in [0.2, 0.25) is 0 Å². The normalized spacial score (nSPS) is 15.8. The van der Waals surface area contributed by atoms with E-state index in [1.54, 1.807) is 18.8 Å². The van der Waals surface area contributed by atoms with Crippen LogP contribution in [0.25, 0.3) is 11.0 Å². The maximum atomic E-state index is 12.7. The van der Waals surface area contributed by atoms with Gasteiger partial charge in [-0.2, -0.15) is 0 Å². The zero-order chi connectivity index (χ0) is 18.0. The van der Waals surface area contributed by atoms with Gasteiger partial charge >= 0.3 is 5.69 Å². The van der Waals surface area contributed by atoms with Crippen molar-refractivity contribution in [1.29, 1.82) is 0 Å². The first-order valence-electron chi connectivity index (χ1n) is 8.97. The highest BCUT2D eigenvalue weighted by Gasteiger charge is 2.17. The lowest BCUT2D eigenvalue weighted by Crippen LogP contribution is -2.37. The molecule has 0 aromatic carbocycles. The summed E-state index contributed by atoms with van der Waals surface area (Å²) in [5.41, 5.74) is 0.970. The Kier molecular flexibility index (Phi) is 5.64. The van der Waals surface area contributed by atoms with Gasteiger partial charge in [0.15, 0.2) is 0 Å². The minimum atomic E-state index is -0.335. The number of aromatic nitrogens is 3. The summed E-state index contributed by atoms with van der Waals surface area (Å²) in [5, 5.41) is 0.576. The summed E-state index contributed by atoms with van der Waals surface area (Å²) < 4.78 is 2.64. The summed E-state index contributed by atoms with van der Waals surface area (Å²) in [5.74, 6) is 0.943. The number of hydrogen-bond donors (Lipinski definition) is 0. The molecule has 1 saturated heterocycles. The van der Waals surface area contributed by atoms with E-state index in [1.807, 2.05) is 6.20 Å². The molecular formula is C18H26N4O2S. The molecule has 0 amide bonds. The molecule has 3 heterocycles. The van der Waals surface area contributed by atoms with E-state index in [2.05, 4.69) is 16.8 Å². The molecule has 1 fully saturated rings. The summed E-state index contributed by atoms with van der Waals surface area (Å²) in [6.07, 6.45) is 6.53. The van der Waals surface area contributed by atoms with E-state index >= 15 is 0 Å². The SMILES string of the molecule is CCc1cnc2c(c1SCCN1CCCCC1)c(=O)n(C)c(=O)n2C. The molecule has 0 spiro atoms. The van der Waals surface area contributed by atoms with Crippen molar-refractivity contribution in [3.8, 4) is 0 Å². The van der Waals surface area contributed by atoms with E-state index < -0.39 is 0 Å². The van der Waals surface area contributed by atoms with Crippen molar-refractivity contribution in [3.63, 3.8) is 0 Å². The number of pyridine rings is 1. The second-order valence-electron chi connectivity index (χ2n) is 6.62. The van der Waals surface area contributed by atoms with Crippen LogP contribution in [0, 0.1) is 0 Å². The van der Waals surface area contributed by atoms with Crippen molar-refractivity contribution in [2.45, 2.75) is 37.5 Å². The molecule has 2 aromatic heterocycles. The molecule has 0 saturated carbocycles. The predicted molar refractivity (Wildman–Crippen MR) is 103 cm³/mol. The first kappa shape index (κ1) is 18.2. The highest BCUT2D eigenvalue weighted by atomic mass is 32.2. The molecule has 7 heteroatoms. The van der Waals surface area contributed by atoms with Gasteiger partial charge in [-0.05, 0) is 37.9 Å². The third-order valence-electron chi connectivity index (χ3n) is 4.98. The van der Waals surface area contributed by atoms with E-state index in [1.165, 1.54) is 48.5 Å². The second-order valence-corrected chi connectivity index (χ2v) is 7.73. The van der Waals surface area contributed by atoms with Crippen LogP contribution < -0.4 is 11.2 Å². The van der Waals surface area contributed by atoms with Gasteiger partial charge in [-0.25, -0.2) is 9.78 Å². The van der Waals surface area contributed by atoms with Crippen LogP contribution in [-0.2, 0) is 20.5 Å². The number of piperidine rings is 1. The molecule has 1 aliphatic heterocycles. The summed E-state index contributed by atoms with van der Waals surface area (Å²) >= 11 is 1.72. The van der Waals surface area contributed by atoms with Gasteiger partial charge in [0.05, 0.1) is 5.39 Å². The Balaban J connectivity index is 1.97. The number of nitrogens with zero attached hydrogens (tertiary/aromatic N) is 4. The Hall–Kier alpha value is -1.60. The second kappa shape index (κ2) is 7.74. The van der Waals surface area contributed by atoms with Crippen LogP contribution >= 0.6 is 11.8 Å². The van der Waals surface area contributed by atoms with Crippen LogP contribution in [0.5, 0.6) is 0 Å². The van der Waals surface area contributed by atoms with Gasteiger partial charge in [0.25, 0.3) is 5.56 Å². The summed E-state index contributed by atoms with van der Waals surface area (Å²) in [6.45, 7) is 5.46. The van der Waals surface area contributed by atoms with Gasteiger partial charge in [-0.1, -0.05) is 13.3 Å². The molecule has 136 valence electrons. The fourth-order valence-corrected chi connectivity index (χ4v) is 4.68. The molecular weight excluding hydrogens is 336 g/mol. The fourth-order valence-electron chi connectivity index (χ4n) is 3.42. The van der Waals surface area contributed by atoms with Crippen LogP contribution in [-0.4, -0.2) is 44.4 Å². The Morgan fingerprint density at radius 2 is 1.84 bits per heavy atom. The molecule has 0 radical (unpaired) electrons. The van der Waals surface area contributed by atoms with Crippen LogP contribution in [0.2, 0.25) is 0 Å². The van der Waals surface area contributed by atoms with Crippen LogP contribution in [0.3, 0.4) is 0 Å². The molecule has 3 rings (SSSR count). The Bertz CT molecular complexity index is 881. The van der Waals surface area contributed by atoms with Gasteiger partial charge in [-0.3, -0.25) is 13.9 Å². The van der Waals surface area contributed by atoms with E-state index in [4.69, 9.17) is 0 Å². The third-order valence-corrected chi connectivity index (χ3v) is 6.12. The molecule has 0 atom stereocenters. The molecule has 0 N–H and O–H groups in total. The average Bonchev–Trinajstić information content (AvgIpc) is 2.65. The lowest BCUT2D eigenvalue weighted by atomic mass is 10.1. The minimum Gasteiger partial charge on any atom is -0.303 e. The zero-order valence-corrected chi connectivity index (χ0v) is 16.1. The number of rotatable bonds is 5. The topological polar surface area (TPSA) is 60.1 Å². The smallest absolute Gasteiger partial charge is 0.303 e. The highest BCUT2D eigenvalue weighted by molar-refractivity contribution is 7.99. The molecule has 0 unspecified atom stereocenters. The fraction of sp³-hybridized carbons (Fsp3) is 0.611. The summed E-state index contributed by atoms with van der Waals surface area (Å²) in [7, 11) is 3.20. The maximum Gasteiger partial charge on any atom is 0.332 e. The maximum absolute atomic E-state index is 12.7. The lowest BCUT2D eigenvalue weighted by molar-refractivity contribution is 0.242. The Morgan fingerprint density at radius 1 is 1.12 bits per heavy atom. The van der Waals surface area contributed by atoms with E-state index in [0.717, 1.165) is 29.2 Å². The molecule has 0 aliphatic carbocycles. The number of hydrogen-bond acceptors (Lipinski definition) is 5. The molecule has 1 aliphatic rings. The Morgan fingerprint density at radius 3 is 2.52 bits per heavy atom. The molecule has 0 bridgehead atoms. The first-order valence-corrected chi connectivity index (χ1v) is 9.96. The number of likely N-dealkylation sites (tertiary alicyclic amines) is 1. The standard InChI is InChI=1S/C18H26N4O2S/c1-4-13-12-19-16-14(17(23)21(3)18(24)20(16)2)15(13)25-11-10-22-8-6-5-7-9-22/h12H,4-11H2,1-3H3. The summed E-state index contributed by atoms with van der Waals surface area (Å²) in [6, 6.07) is 0. The monoisotopic (exact) mass is 362 g/mol. The van der Waals surface area contributed by atoms with Crippen molar-refractivity contribution in [2.75, 3.05) is 25.4 Å². The number of thioether (sulfide) groups is 1. The molecule has 25 heavy (non-hydrogen) atoms. The van der Waals surface area contributed by atoms with Gasteiger partial charge in [0, 0.05) is 37.5 Å². The van der Waals surface area contributed by atoms with Crippen molar-refractivity contribution in [3.05, 3.63) is 32.6 Å². The van der Waals surface area contributed by atoms with E-state index in [-0.39, 0.29) is 11.2 Å². The molecule has 6 nitrogen and oxygen atoms in total. The summed E-state index contributed by atoms with van der Waals surface area (Å²) in [4.78, 5) is 32.8. The first-order chi connectivity index (χ1) is 12.0. The average molecular weight is 362 g/mol. The van der Waals surface area contributed by atoms with E-state index in [0.29, 0.717) is 11.0 Å². The van der Waals surface area contributed by atoms with E-state index in [9.17, 15) is 9.59 Å². The van der Waals surface area contributed by atoms with Crippen molar-refractivity contribution < 1.29 is 0 Å². The van der Waals surface area contributed by atoms with Gasteiger partial charge in [0.1, 0.15) is 5.65 Å². The predicted octanol–water partition coefficient (Wildman–Crippen LogP) is 1.77. The Labute approximate surface area is 151 Å². The number of fused-ring (bicyclic) bond motifs is 1. The zero-order valence-electron chi connectivity index (χ0n) is 15.2. The lowest BCUT2D eigenvalue weighted by Gasteiger charge is -2.26. The van der Waals surface area contributed by atoms with Crippen LogP contribution in [0.15, 0.2) is 20.7 Å². The van der Waals surface area contributed by atoms with Crippen molar-refractivity contribution in [2.24, 2.45) is 14.1 Å². The number of aryl methyl sites for hydroxylation is 2.